The molecule has 2 atom stereocenters. The number of nitrogen functional groups attached to an aromatic ring is 1. The molecule has 0 spiro atoms. The highest BCUT2D eigenvalue weighted by Crippen LogP contribution is 2.42. The molecule has 5 heterocycles. The van der Waals surface area contributed by atoms with Crippen molar-refractivity contribution in [3.63, 3.8) is 0 Å². The molecule has 52 heavy (non-hydrogen) atoms. The third kappa shape index (κ3) is 6.96. The molecule has 1 aromatic heterocycles. The molecule has 0 bridgehead atoms. The number of β-lactam (4-membered cyclic amide) rings is 1. The molecule has 278 valence electrons. The number of fused-ring (bicyclic) bond motifs is 1. The highest BCUT2D eigenvalue weighted by Gasteiger charge is 2.56. The maximum atomic E-state index is 13.6. The molecule has 1 aromatic carbocycles. The van der Waals surface area contributed by atoms with Gasteiger partial charge >= 0.3 is 11.9 Å². The van der Waals surface area contributed by atoms with Crippen LogP contribution in [-0.2, 0) is 24.0 Å². The molecule has 4 aliphatic heterocycles. The Hall–Kier alpha value is -4.95. The number of carboxylic acids is 2. The Labute approximate surface area is 305 Å². The molecule has 2 aromatic rings. The van der Waals surface area contributed by atoms with Gasteiger partial charge in [-0.2, -0.15) is 9.36 Å². The number of aromatic hydroxyl groups is 2. The predicted molar refractivity (Wildman–Crippen MR) is 186 cm³/mol. The average molecular weight is 760 g/mol. The molecule has 3 amide bonds. The van der Waals surface area contributed by atoms with Crippen molar-refractivity contribution in [2.45, 2.75) is 62.6 Å². The van der Waals surface area contributed by atoms with Crippen molar-refractivity contribution in [2.75, 3.05) is 44.2 Å². The second-order valence-electron chi connectivity index (χ2n) is 13.7. The summed E-state index contributed by atoms with van der Waals surface area (Å²) in [7, 11) is 0. The molecule has 0 aliphatic carbocycles. The molecule has 0 saturated carbocycles. The number of quaternary nitrogens is 1. The van der Waals surface area contributed by atoms with Crippen LogP contribution in [0.25, 0.3) is 0 Å². The number of aromatic nitrogens is 2. The molecular weight excluding hydrogens is 721 g/mol. The van der Waals surface area contributed by atoms with Gasteiger partial charge in [-0.1, -0.05) is 5.16 Å². The van der Waals surface area contributed by atoms with E-state index in [9.17, 15) is 44.4 Å². The number of nitrogens with zero attached hydrogens (tertiary/aromatic N) is 6. The summed E-state index contributed by atoms with van der Waals surface area (Å²) < 4.78 is 4.62. The Morgan fingerprint density at radius 1 is 1.12 bits per heavy atom. The number of carbonyl (C=O) groups excluding carboxylic acids is 3. The minimum atomic E-state index is -1.81. The van der Waals surface area contributed by atoms with Gasteiger partial charge in [-0.05, 0) is 32.0 Å². The smallest absolute Gasteiger partial charge is 0.352 e. The number of hydrogen-bond donors (Lipinski definition) is 6. The van der Waals surface area contributed by atoms with Crippen LogP contribution in [0, 0.1) is 0 Å². The van der Waals surface area contributed by atoms with Crippen LogP contribution in [0.3, 0.4) is 0 Å². The quantitative estimate of drug-likeness (QED) is 0.0608. The Morgan fingerprint density at radius 3 is 2.40 bits per heavy atom. The van der Waals surface area contributed by atoms with Gasteiger partial charge in [-0.3, -0.25) is 19.3 Å². The van der Waals surface area contributed by atoms with Crippen LogP contribution in [0.15, 0.2) is 34.6 Å². The number of nitrogens with one attached hydrogen (secondary N) is 1. The molecular formula is C32H39N8O10S2+. The Bertz CT molecular complexity index is 1870. The lowest BCUT2D eigenvalue weighted by Gasteiger charge is -2.51. The number of phenols is 2. The number of amides is 3. The van der Waals surface area contributed by atoms with Gasteiger partial charge in [0.25, 0.3) is 17.7 Å². The van der Waals surface area contributed by atoms with Crippen LogP contribution in [0.5, 0.6) is 11.5 Å². The minimum Gasteiger partial charge on any atom is -0.504 e. The fraction of sp³-hybridized carbons (Fsp3) is 0.500. The number of oxime groups is 1. The summed E-state index contributed by atoms with van der Waals surface area (Å²) in [5, 5.41) is 44.9. The van der Waals surface area contributed by atoms with Crippen molar-refractivity contribution in [3.8, 4) is 11.5 Å². The fourth-order valence-corrected chi connectivity index (χ4v) is 8.95. The summed E-state index contributed by atoms with van der Waals surface area (Å²) in [5.74, 6) is -4.99. The predicted octanol–water partition coefficient (Wildman–Crippen LogP) is 0.769. The van der Waals surface area contributed by atoms with E-state index < -0.39 is 46.5 Å². The first-order chi connectivity index (χ1) is 24.6. The third-order valence-electron chi connectivity index (χ3n) is 10.00. The van der Waals surface area contributed by atoms with Crippen molar-refractivity contribution in [1.29, 1.82) is 0 Å². The maximum Gasteiger partial charge on any atom is 0.352 e. The van der Waals surface area contributed by atoms with E-state index in [4.69, 9.17) is 10.6 Å². The SMILES string of the molecule is CC(C)(O/N=C(\C(=O)N[C@@H]1C(=O)N2C(C(=O)O)=C(C[N+]3(C4CCN(C(=O)c5ccc(O)c(O)c5)CC4)CCCC3)CS[C@H]12)c1nsc(N)n1)C(=O)O. The highest BCUT2D eigenvalue weighted by atomic mass is 32.2. The van der Waals surface area contributed by atoms with Crippen molar-refractivity contribution in [2.24, 2.45) is 5.16 Å². The van der Waals surface area contributed by atoms with E-state index in [2.05, 4.69) is 19.8 Å². The third-order valence-corrected chi connectivity index (χ3v) is 11.9. The van der Waals surface area contributed by atoms with E-state index in [-0.39, 0.29) is 45.7 Å². The van der Waals surface area contributed by atoms with E-state index in [0.717, 1.165) is 37.5 Å². The zero-order valence-corrected chi connectivity index (χ0v) is 30.0. The van der Waals surface area contributed by atoms with Gasteiger partial charge in [-0.15, -0.1) is 11.8 Å². The number of carboxylic acid groups (broad SMARTS) is 2. The number of phenolic OH excluding ortho intramolecular Hbond substituents is 2. The number of likely N-dealkylation sites (tertiary alicyclic amines) is 2. The molecule has 4 aliphatic rings. The molecule has 0 radical (unpaired) electrons. The number of piperidine rings is 1. The fourth-order valence-electron chi connectivity index (χ4n) is 7.18. The van der Waals surface area contributed by atoms with Crippen molar-refractivity contribution in [1.82, 2.24) is 24.5 Å². The summed E-state index contributed by atoms with van der Waals surface area (Å²) in [5.41, 5.74) is 4.18. The summed E-state index contributed by atoms with van der Waals surface area (Å²) in [4.78, 5) is 76.4. The lowest BCUT2D eigenvalue weighted by Crippen LogP contribution is -2.71. The molecule has 0 unspecified atom stereocenters. The second kappa shape index (κ2) is 14.2. The summed E-state index contributed by atoms with van der Waals surface area (Å²) in [6, 6.07) is 3.04. The standard InChI is InChI=1S/C32H38N8O10S2/c1-32(2,30(48)49)50-36-21(24-35-31(33)52-37-24)25(43)34-22-27(45)39-23(29(46)47)17(15-51-28(22)39)14-40(11-3-4-12-40)18-7-9-38(10-8-18)26(44)16-5-6-19(41)20(42)13-16/h5-6,13,18,22,28H,3-4,7-12,14-15H2,1-2H3,(H6-,33,34,35,36,37,41,42,43,44,46,47,48,49)/p+1/t22-,28-/m1/s1. The number of anilines is 1. The molecule has 3 fully saturated rings. The number of nitrogens with two attached hydrogens (primary N) is 1. The number of rotatable bonds is 11. The van der Waals surface area contributed by atoms with Crippen LogP contribution >= 0.6 is 23.3 Å². The molecule has 18 nitrogen and oxygen atoms in total. The Balaban J connectivity index is 1.16. The lowest BCUT2D eigenvalue weighted by molar-refractivity contribution is -0.937. The van der Waals surface area contributed by atoms with Crippen molar-refractivity contribution >= 4 is 63.8 Å². The number of hydrogen-bond acceptors (Lipinski definition) is 14. The average Bonchev–Trinajstić information content (AvgIpc) is 3.77. The summed E-state index contributed by atoms with van der Waals surface area (Å²) in [6.07, 6.45) is 3.30. The van der Waals surface area contributed by atoms with Gasteiger partial charge < -0.3 is 45.7 Å². The van der Waals surface area contributed by atoms with Gasteiger partial charge in [0.1, 0.15) is 23.7 Å². The first-order valence-corrected chi connectivity index (χ1v) is 18.4. The Morgan fingerprint density at radius 2 is 1.81 bits per heavy atom. The largest absolute Gasteiger partial charge is 0.504 e. The molecule has 3 saturated heterocycles. The minimum absolute atomic E-state index is 0.0122. The van der Waals surface area contributed by atoms with Crippen LogP contribution in [0.4, 0.5) is 5.13 Å². The zero-order valence-electron chi connectivity index (χ0n) is 28.4. The molecule has 6 rings (SSSR count). The van der Waals surface area contributed by atoms with E-state index >= 15 is 0 Å². The van der Waals surface area contributed by atoms with Crippen molar-refractivity contribution < 1.29 is 53.7 Å². The normalized spacial score (nSPS) is 22.1. The monoisotopic (exact) mass is 759 g/mol. The van der Waals surface area contributed by atoms with E-state index in [1.807, 2.05) is 0 Å². The maximum absolute atomic E-state index is 13.6. The van der Waals surface area contributed by atoms with Crippen LogP contribution < -0.4 is 11.1 Å². The van der Waals surface area contributed by atoms with Crippen LogP contribution in [0.2, 0.25) is 0 Å². The highest BCUT2D eigenvalue weighted by molar-refractivity contribution is 8.00. The molecule has 7 N–H and O–H groups in total. The number of thioether (sulfide) groups is 1. The number of aliphatic carboxylic acids is 2. The van der Waals surface area contributed by atoms with Gasteiger partial charge in [0.2, 0.25) is 17.1 Å². The van der Waals surface area contributed by atoms with Crippen LogP contribution in [0.1, 0.15) is 55.7 Å². The second-order valence-corrected chi connectivity index (χ2v) is 15.6. The number of carbonyl (C=O) groups is 5. The summed E-state index contributed by atoms with van der Waals surface area (Å²) in [6.45, 7) is 5.51. The molecule has 20 heteroatoms. The lowest BCUT2D eigenvalue weighted by atomic mass is 9.97. The van der Waals surface area contributed by atoms with Crippen molar-refractivity contribution in [3.05, 3.63) is 40.9 Å². The van der Waals surface area contributed by atoms with Gasteiger partial charge in [0.15, 0.2) is 16.6 Å². The Kier molecular flexibility index (Phi) is 10.1. The van der Waals surface area contributed by atoms with E-state index in [0.29, 0.717) is 48.3 Å². The van der Waals surface area contributed by atoms with E-state index in [1.54, 1.807) is 4.90 Å². The number of benzene rings is 1. The van der Waals surface area contributed by atoms with Gasteiger partial charge in [0.05, 0.1) is 19.1 Å². The first kappa shape index (κ1) is 36.8. The van der Waals surface area contributed by atoms with Crippen LogP contribution in [-0.4, -0.2) is 141 Å². The van der Waals surface area contributed by atoms with Gasteiger partial charge in [0, 0.05) is 67.2 Å². The summed E-state index contributed by atoms with van der Waals surface area (Å²) >= 11 is 2.11. The van der Waals surface area contributed by atoms with Gasteiger partial charge in [-0.25, -0.2) is 9.59 Å². The van der Waals surface area contributed by atoms with E-state index in [1.165, 1.54) is 48.7 Å². The zero-order chi connectivity index (χ0) is 37.5. The first-order valence-electron chi connectivity index (χ1n) is 16.6. The topological polar surface area (TPSA) is 258 Å².